The highest BCUT2D eigenvalue weighted by atomic mass is 19.3. The van der Waals surface area contributed by atoms with Crippen molar-refractivity contribution in [1.82, 2.24) is 29.6 Å². The van der Waals surface area contributed by atoms with E-state index < -0.39 is 18.3 Å². The maximum absolute atomic E-state index is 15.3. The predicted octanol–water partition coefficient (Wildman–Crippen LogP) is 5.04. The zero-order chi connectivity index (χ0) is 26.1. The van der Waals surface area contributed by atoms with Crippen LogP contribution in [0.3, 0.4) is 0 Å². The van der Waals surface area contributed by atoms with Crippen molar-refractivity contribution in [2.45, 2.75) is 12.5 Å². The van der Waals surface area contributed by atoms with Gasteiger partial charge in [-0.2, -0.15) is 5.10 Å². The second-order valence-electron chi connectivity index (χ2n) is 8.87. The van der Waals surface area contributed by atoms with Crippen LogP contribution in [0, 0.1) is 5.82 Å². The number of pyridine rings is 1. The first-order valence-corrected chi connectivity index (χ1v) is 11.5. The van der Waals surface area contributed by atoms with Crippen molar-refractivity contribution in [3.8, 4) is 16.9 Å². The lowest BCUT2D eigenvalue weighted by Gasteiger charge is -2.23. The molecule has 5 rings (SSSR count). The summed E-state index contributed by atoms with van der Waals surface area (Å²) in [5, 5.41) is 7.89. The van der Waals surface area contributed by atoms with Crippen LogP contribution in [0.1, 0.15) is 0 Å². The van der Waals surface area contributed by atoms with Crippen molar-refractivity contribution in [3.63, 3.8) is 0 Å². The lowest BCUT2D eigenvalue weighted by Crippen LogP contribution is -2.36. The Morgan fingerprint density at radius 3 is 2.62 bits per heavy atom. The molecular weight excluding hydrogens is 483 g/mol. The summed E-state index contributed by atoms with van der Waals surface area (Å²) in [6.45, 7) is -0.0148. The molecule has 0 spiro atoms. The van der Waals surface area contributed by atoms with Gasteiger partial charge in [-0.3, -0.25) is 9.67 Å². The molecule has 0 amide bonds. The number of benzene rings is 2. The van der Waals surface area contributed by atoms with E-state index >= 15 is 4.39 Å². The average molecular weight is 508 g/mol. The van der Waals surface area contributed by atoms with Crippen molar-refractivity contribution in [3.05, 3.63) is 67.1 Å². The Morgan fingerprint density at radius 1 is 1.05 bits per heavy atom. The molecule has 1 atom stereocenters. The molecule has 11 heteroatoms. The summed E-state index contributed by atoms with van der Waals surface area (Å²) in [5.74, 6) is -0.142. The Labute approximate surface area is 210 Å². The van der Waals surface area contributed by atoms with Crippen LogP contribution in [0.2, 0.25) is 0 Å². The van der Waals surface area contributed by atoms with Crippen LogP contribution in [0.15, 0.2) is 61.3 Å². The van der Waals surface area contributed by atoms with Crippen molar-refractivity contribution in [2.24, 2.45) is 7.05 Å². The summed E-state index contributed by atoms with van der Waals surface area (Å²) in [4.78, 5) is 14.5. The van der Waals surface area contributed by atoms with Crippen molar-refractivity contribution < 1.29 is 17.9 Å². The van der Waals surface area contributed by atoms with E-state index in [1.165, 1.54) is 6.33 Å². The minimum atomic E-state index is -2.74. The van der Waals surface area contributed by atoms with Crippen molar-refractivity contribution >= 4 is 33.3 Å². The number of rotatable bonds is 8. The van der Waals surface area contributed by atoms with Crippen LogP contribution in [-0.2, 0) is 7.05 Å². The minimum absolute atomic E-state index is 0.0148. The van der Waals surface area contributed by atoms with Crippen molar-refractivity contribution in [2.75, 3.05) is 26.0 Å². The minimum Gasteiger partial charge on any atom is -0.482 e. The summed E-state index contributed by atoms with van der Waals surface area (Å²) < 4.78 is 50.8. The normalized spacial score (nSPS) is 12.5. The third kappa shape index (κ3) is 5.03. The SMILES string of the molecule is CN(C)C[C@H](Oc1cc(-c2cnn(C)c2)cc2ncnc(Nc3ccc4ncccc4c3F)c12)C(F)F. The molecule has 0 aliphatic rings. The summed E-state index contributed by atoms with van der Waals surface area (Å²) in [6, 6.07) is 9.96. The number of hydrogen-bond acceptors (Lipinski definition) is 7. The van der Waals surface area contributed by atoms with Gasteiger partial charge in [0.1, 0.15) is 17.9 Å². The Balaban J connectivity index is 1.65. The molecule has 0 aliphatic heterocycles. The fraction of sp³-hybridized carbons (Fsp3) is 0.231. The zero-order valence-corrected chi connectivity index (χ0v) is 20.4. The largest absolute Gasteiger partial charge is 0.482 e. The molecule has 0 aliphatic carbocycles. The number of aryl methyl sites for hydroxylation is 1. The van der Waals surface area contributed by atoms with E-state index in [4.69, 9.17) is 4.74 Å². The van der Waals surface area contributed by atoms with Gasteiger partial charge >= 0.3 is 0 Å². The number of anilines is 2. The summed E-state index contributed by atoms with van der Waals surface area (Å²) >= 11 is 0. The average Bonchev–Trinajstić information content (AvgIpc) is 3.31. The number of fused-ring (bicyclic) bond motifs is 2. The van der Waals surface area contributed by atoms with E-state index in [-0.39, 0.29) is 23.8 Å². The fourth-order valence-corrected chi connectivity index (χ4v) is 4.11. The van der Waals surface area contributed by atoms with Gasteiger partial charge in [-0.15, -0.1) is 0 Å². The number of hydrogen-bond donors (Lipinski definition) is 1. The standard InChI is InChI=1S/C26H24F3N7O/c1-35(2)13-22(25(28)29)37-21-10-15(16-11-33-36(3)12-16)9-20-23(21)26(32-14-31-20)34-19-7-6-18-17(24(19)27)5-4-8-30-18/h4-12,14,22,25H,13H2,1-3H3,(H,31,32,34)/t22-/m0/s1. The number of nitrogens with zero attached hydrogens (tertiary/aromatic N) is 6. The highest BCUT2D eigenvalue weighted by Gasteiger charge is 2.26. The van der Waals surface area contributed by atoms with Gasteiger partial charge < -0.3 is 15.0 Å². The highest BCUT2D eigenvalue weighted by Crippen LogP contribution is 2.38. The van der Waals surface area contributed by atoms with E-state index in [1.54, 1.807) is 85.7 Å². The summed E-state index contributed by atoms with van der Waals surface area (Å²) in [6.07, 6.45) is 2.21. The molecule has 3 heterocycles. The molecule has 0 radical (unpaired) electrons. The number of alkyl halides is 2. The summed E-state index contributed by atoms with van der Waals surface area (Å²) in [5.41, 5.74) is 2.54. The summed E-state index contributed by atoms with van der Waals surface area (Å²) in [7, 11) is 5.16. The van der Waals surface area contributed by atoms with Gasteiger partial charge in [-0.25, -0.2) is 23.1 Å². The van der Waals surface area contributed by atoms with Crippen LogP contribution in [0.25, 0.3) is 32.9 Å². The fourth-order valence-electron chi connectivity index (χ4n) is 4.11. The maximum Gasteiger partial charge on any atom is 0.276 e. The van der Waals surface area contributed by atoms with E-state index in [2.05, 4.69) is 25.4 Å². The van der Waals surface area contributed by atoms with Crippen LogP contribution < -0.4 is 10.1 Å². The molecule has 3 aromatic heterocycles. The first-order chi connectivity index (χ1) is 17.8. The number of nitrogens with one attached hydrogen (secondary N) is 1. The molecule has 8 nitrogen and oxygen atoms in total. The zero-order valence-electron chi connectivity index (χ0n) is 20.4. The molecule has 0 unspecified atom stereocenters. The van der Waals surface area contributed by atoms with E-state index in [1.807, 2.05) is 0 Å². The smallest absolute Gasteiger partial charge is 0.276 e. The molecular formula is C26H24F3N7O. The van der Waals surface area contributed by atoms with E-state index in [0.717, 1.165) is 5.56 Å². The van der Waals surface area contributed by atoms with Crippen LogP contribution >= 0.6 is 0 Å². The van der Waals surface area contributed by atoms with Gasteiger partial charge in [0.25, 0.3) is 6.43 Å². The molecule has 0 bridgehead atoms. The van der Waals surface area contributed by atoms with Gasteiger partial charge in [0.2, 0.25) is 0 Å². The van der Waals surface area contributed by atoms with E-state index in [9.17, 15) is 8.78 Å². The number of ether oxygens (including phenoxy) is 1. The first kappa shape index (κ1) is 24.4. The van der Waals surface area contributed by atoms with Crippen LogP contribution in [0.4, 0.5) is 24.7 Å². The molecule has 0 fully saturated rings. The van der Waals surface area contributed by atoms with Gasteiger partial charge in [0.05, 0.1) is 28.3 Å². The monoisotopic (exact) mass is 507 g/mol. The van der Waals surface area contributed by atoms with Crippen molar-refractivity contribution in [1.29, 1.82) is 0 Å². The third-order valence-corrected chi connectivity index (χ3v) is 5.82. The Bertz CT molecular complexity index is 1570. The molecule has 0 saturated heterocycles. The van der Waals surface area contributed by atoms with Gasteiger partial charge in [0.15, 0.2) is 11.9 Å². The molecule has 0 saturated carbocycles. The highest BCUT2D eigenvalue weighted by molar-refractivity contribution is 5.99. The molecule has 2 aromatic carbocycles. The molecule has 37 heavy (non-hydrogen) atoms. The van der Waals surface area contributed by atoms with Crippen LogP contribution in [0.5, 0.6) is 5.75 Å². The van der Waals surface area contributed by atoms with E-state index in [0.29, 0.717) is 27.4 Å². The van der Waals surface area contributed by atoms with Gasteiger partial charge in [-0.1, -0.05) is 0 Å². The maximum atomic E-state index is 15.3. The molecule has 5 aromatic rings. The topological polar surface area (TPSA) is 81.0 Å². The number of aromatic nitrogens is 5. The second-order valence-corrected chi connectivity index (χ2v) is 8.87. The third-order valence-electron chi connectivity index (χ3n) is 5.82. The Morgan fingerprint density at radius 2 is 1.89 bits per heavy atom. The lowest BCUT2D eigenvalue weighted by molar-refractivity contribution is -0.000201. The molecule has 1 N–H and O–H groups in total. The van der Waals surface area contributed by atoms with Gasteiger partial charge in [-0.05, 0) is 56.1 Å². The second kappa shape index (κ2) is 10.0. The number of likely N-dealkylation sites (N-methyl/N-ethyl adjacent to an activating group) is 1. The Kier molecular flexibility index (Phi) is 6.62. The Hall–Kier alpha value is -4.25. The lowest BCUT2D eigenvalue weighted by atomic mass is 10.1. The number of halogens is 3. The predicted molar refractivity (Wildman–Crippen MR) is 136 cm³/mol. The quantitative estimate of drug-likeness (QED) is 0.315. The van der Waals surface area contributed by atoms with Gasteiger partial charge in [0, 0.05) is 36.9 Å². The van der Waals surface area contributed by atoms with Crippen LogP contribution in [-0.4, -0.2) is 62.8 Å². The molecule has 190 valence electrons. The first-order valence-electron chi connectivity index (χ1n) is 11.5.